The fraction of sp³-hybridized carbons (Fsp3) is 0.293. The molecule has 0 bridgehead atoms. The van der Waals surface area contributed by atoms with Gasteiger partial charge in [0.2, 0.25) is 0 Å². The molecule has 0 unspecified atom stereocenters. The summed E-state index contributed by atoms with van der Waals surface area (Å²) in [6.45, 7) is 66.9. The zero-order valence-electron chi connectivity index (χ0n) is 92.7. The third-order valence-electron chi connectivity index (χ3n) is 30.5. The Labute approximate surface area is 901 Å². The van der Waals surface area contributed by atoms with Crippen LogP contribution >= 0.6 is 15.9 Å². The number of pyridine rings is 3. The average molecular weight is 2180 g/mol. The van der Waals surface area contributed by atoms with Gasteiger partial charge in [-0.1, -0.05) is 377 Å². The van der Waals surface area contributed by atoms with Gasteiger partial charge < -0.3 is 4.40 Å². The molecule has 0 N–H and O–H groups in total. The maximum absolute atomic E-state index is 5.09. The van der Waals surface area contributed by atoms with Crippen LogP contribution in [0.5, 0.6) is 0 Å². The van der Waals surface area contributed by atoms with E-state index in [0.717, 1.165) is 91.4 Å². The van der Waals surface area contributed by atoms with Crippen molar-refractivity contribution in [2.45, 2.75) is 248 Å². The van der Waals surface area contributed by atoms with E-state index in [1.165, 1.54) is 194 Å². The molecule has 0 aliphatic heterocycles. The molecule has 21 rings (SSSR count). The maximum atomic E-state index is 5.09. The van der Waals surface area contributed by atoms with Gasteiger partial charge in [0.25, 0.3) is 0 Å². The summed E-state index contributed by atoms with van der Waals surface area (Å²) in [4.78, 5) is 15.0. The predicted molar refractivity (Wildman–Crippen MR) is 637 cm³/mol. The molecule has 1 radical (unpaired) electrons. The third kappa shape index (κ3) is 21.3. The molecule has 0 fully saturated rings. The normalized spacial score (nSPS) is 12.6. The number of aryl methyl sites for hydroxylation is 9. The zero-order chi connectivity index (χ0) is 105. The second-order valence-electron chi connectivity index (χ2n) is 50.3. The smallest absolute Gasteiger partial charge is 0.145 e. The molecule has 6 aromatic heterocycles. The zero-order valence-corrected chi connectivity index (χ0v) is 96.6. The number of aromatic nitrogens is 6. The summed E-state index contributed by atoms with van der Waals surface area (Å²) in [5, 5.41) is 10.6. The SMILES string of the molecule is Cc1cc(C)c(-c2cnc3c4[c-]cccc4c4cc(-c5cc(-c6ccc(C(C)(C)CC(C)(C)C)cc6)cc(-c6ccc(C(C)(C)CC(C)(C)C)cc6)c5)ccc4n23)c(C)c1.Cc1cc(C)c(-c2cnc3c4ccccc4c4cc(-c5cc(-c6ccc(C(C)(C)CC(C)(C)C)cc6)cc(-c6ccc(C(C)(C)CC(C)(C)C)cc6)c5)ccc4n23)c(C)c1.Cc1cc(C)c(-c2cnc3c4ccccc4c4cc(Br)ccc4n23)c(C)c1.[Ir]. The molecule has 0 atom stereocenters. The first-order valence-corrected chi connectivity index (χ1v) is 53.7. The largest absolute Gasteiger partial charge is 0.333 e. The first-order valence-electron chi connectivity index (χ1n) is 52.9. The molecule has 753 valence electrons. The van der Waals surface area contributed by atoms with E-state index in [-0.39, 0.29) is 63.4 Å². The van der Waals surface area contributed by atoms with Crippen LogP contribution in [-0.4, -0.2) is 28.2 Å². The molecule has 0 aliphatic carbocycles. The van der Waals surface area contributed by atoms with Crippen molar-refractivity contribution < 1.29 is 20.1 Å². The third-order valence-corrected chi connectivity index (χ3v) is 31.0. The monoisotopic (exact) mass is 2180 g/mol. The van der Waals surface area contributed by atoms with Crippen LogP contribution in [0.1, 0.15) is 236 Å². The van der Waals surface area contributed by atoms with Crippen molar-refractivity contribution >= 4 is 97.9 Å². The van der Waals surface area contributed by atoms with Gasteiger partial charge in [-0.2, -0.15) is 0 Å². The minimum Gasteiger partial charge on any atom is -0.333 e. The maximum Gasteiger partial charge on any atom is 0.145 e. The van der Waals surface area contributed by atoms with Gasteiger partial charge in [0.15, 0.2) is 0 Å². The summed E-state index contributed by atoms with van der Waals surface area (Å²) in [5.74, 6) is 0. The summed E-state index contributed by atoms with van der Waals surface area (Å²) in [6.07, 6.45) is 10.6. The Bertz CT molecular complexity index is 8050. The van der Waals surface area contributed by atoms with Crippen molar-refractivity contribution in [3.63, 3.8) is 0 Å². The average Bonchev–Trinajstić information content (AvgIpc) is 1.53. The van der Waals surface area contributed by atoms with Gasteiger partial charge in [0.1, 0.15) is 11.3 Å². The fourth-order valence-corrected chi connectivity index (χ4v) is 26.3. The van der Waals surface area contributed by atoms with Gasteiger partial charge in [-0.3, -0.25) is 13.8 Å². The van der Waals surface area contributed by atoms with Crippen molar-refractivity contribution in [3.8, 4) is 101 Å². The van der Waals surface area contributed by atoms with E-state index >= 15 is 0 Å². The molecule has 0 saturated heterocycles. The van der Waals surface area contributed by atoms with E-state index in [0.29, 0.717) is 0 Å². The van der Waals surface area contributed by atoms with Gasteiger partial charge in [-0.15, -0.1) is 29.7 Å². The summed E-state index contributed by atoms with van der Waals surface area (Å²) in [7, 11) is 0. The quantitative estimate of drug-likeness (QED) is 0.0674. The van der Waals surface area contributed by atoms with Crippen LogP contribution in [0.3, 0.4) is 0 Å². The fourth-order valence-electron chi connectivity index (χ4n) is 25.9. The number of halogens is 1. The van der Waals surface area contributed by atoms with Crippen LogP contribution in [0.25, 0.3) is 183 Å². The number of hydrogen-bond donors (Lipinski definition) is 0. The Kier molecular flexibility index (Phi) is 28.3. The number of rotatable bonds is 17. The summed E-state index contributed by atoms with van der Waals surface area (Å²) in [6, 6.07) is 113. The molecule has 0 spiro atoms. The Hall–Kier alpha value is -12.9. The van der Waals surface area contributed by atoms with Crippen LogP contribution in [0.4, 0.5) is 0 Å². The number of nitrogens with zero attached hydrogens (tertiary/aromatic N) is 6. The molecule has 21 aromatic rings. The molecular weight excluding hydrogens is 2040 g/mol. The Balaban J connectivity index is 0.000000154. The molecule has 6 heterocycles. The van der Waals surface area contributed by atoms with Crippen LogP contribution in [0.2, 0.25) is 0 Å². The van der Waals surface area contributed by atoms with Gasteiger partial charge in [-0.05, 0) is 343 Å². The second kappa shape index (κ2) is 39.8. The van der Waals surface area contributed by atoms with Crippen molar-refractivity contribution in [1.29, 1.82) is 0 Å². The Morgan fingerprint density at radius 3 is 0.777 bits per heavy atom. The van der Waals surface area contributed by atoms with E-state index in [1.54, 1.807) is 0 Å². The van der Waals surface area contributed by atoms with E-state index in [2.05, 4.69) is 533 Å². The van der Waals surface area contributed by atoms with E-state index in [1.807, 2.05) is 12.3 Å². The van der Waals surface area contributed by atoms with E-state index in [9.17, 15) is 0 Å². The van der Waals surface area contributed by atoms with Crippen LogP contribution in [0.15, 0.2) is 314 Å². The Morgan fingerprint density at radius 2 is 0.480 bits per heavy atom. The van der Waals surface area contributed by atoms with E-state index in [4.69, 9.17) is 15.0 Å². The van der Waals surface area contributed by atoms with Crippen LogP contribution < -0.4 is 0 Å². The van der Waals surface area contributed by atoms with Crippen molar-refractivity contribution in [2.24, 2.45) is 21.7 Å². The van der Waals surface area contributed by atoms with Gasteiger partial charge in [0.05, 0.1) is 46.2 Å². The number of fused-ring (bicyclic) bond motifs is 18. The van der Waals surface area contributed by atoms with Crippen LogP contribution in [0, 0.1) is 90.0 Å². The molecular formula is C140H146BrIrN6-. The second-order valence-corrected chi connectivity index (χ2v) is 51.2. The van der Waals surface area contributed by atoms with Crippen molar-refractivity contribution in [2.75, 3.05) is 0 Å². The van der Waals surface area contributed by atoms with E-state index < -0.39 is 0 Å². The van der Waals surface area contributed by atoms with Crippen LogP contribution in [-0.2, 0) is 41.8 Å². The van der Waals surface area contributed by atoms with Gasteiger partial charge in [-0.25, -0.2) is 9.97 Å². The van der Waals surface area contributed by atoms with Crippen molar-refractivity contribution in [1.82, 2.24) is 28.2 Å². The predicted octanol–water partition coefficient (Wildman–Crippen LogP) is 40.1. The minimum atomic E-state index is 0. The summed E-state index contributed by atoms with van der Waals surface area (Å²) < 4.78 is 8.15. The standard InChI is InChI=1S/C58H64N2.C58H63N2.C24H19BrN2.Ir/c2*1-37-28-38(2)53(39(3)29-37)52-34-59-54-49-17-15-14-16-48(49)50-33-42(22-27-51(50)60(52)54)45-31-43(40-18-23-46(24-19-40)57(10,11)35-55(4,5)6)30-44(32-45)41-20-25-47(26-21-41)58(12,13)36-56(7,8)9;1-14-10-15(2)23(16(3)11-14)22-13-26-24-19-7-5-4-6-18(19)20-12-17(25)8-9-21(20)27(22)24;/h14-34H,35-36H2,1-13H3;14-16,18-34H,35-36H2,1-13H3;4-13H,1-3H3;/q;-1;;. The van der Waals surface area contributed by atoms with Gasteiger partial charge >= 0.3 is 0 Å². The Morgan fingerprint density at radius 1 is 0.236 bits per heavy atom. The number of benzene rings is 15. The summed E-state index contributed by atoms with van der Waals surface area (Å²) >= 11 is 3.64. The van der Waals surface area contributed by atoms with Gasteiger partial charge in [0, 0.05) is 74.5 Å². The minimum absolute atomic E-state index is 0. The molecule has 6 nitrogen and oxygen atoms in total. The molecule has 15 aromatic carbocycles. The molecule has 0 saturated carbocycles. The number of imidazole rings is 3. The molecule has 0 aliphatic rings. The molecule has 0 amide bonds. The van der Waals surface area contributed by atoms with Crippen molar-refractivity contribution in [3.05, 3.63) is 393 Å². The number of hydrogen-bond acceptors (Lipinski definition) is 3. The molecule has 148 heavy (non-hydrogen) atoms. The first kappa shape index (κ1) is 105. The topological polar surface area (TPSA) is 51.9 Å². The molecule has 8 heteroatoms. The first-order chi connectivity index (χ1) is 69.4. The summed E-state index contributed by atoms with van der Waals surface area (Å²) in [5.41, 5.74) is 46.5.